The Hall–Kier alpha value is -11.4. The van der Waals surface area contributed by atoms with Gasteiger partial charge in [0.25, 0.3) is 0 Å². The number of imidazole rings is 4. The summed E-state index contributed by atoms with van der Waals surface area (Å²) < 4.78 is 30.3. The number of anilines is 4. The molecular weight excluding hydrogens is 1410 g/mol. The molecule has 4 aliphatic heterocycles. The predicted octanol–water partition coefficient (Wildman–Crippen LogP) is 14.2. The Labute approximate surface area is 652 Å². The van der Waals surface area contributed by atoms with Gasteiger partial charge in [0, 0.05) is 92.7 Å². The molecule has 26 nitrogen and oxygen atoms in total. The number of allylic oxidation sites excluding steroid dienone is 3. The number of aromatic nitrogens is 16. The summed E-state index contributed by atoms with van der Waals surface area (Å²) in [6.45, 7) is 31.3. The Balaban J connectivity index is 0.000000113. The van der Waals surface area contributed by atoms with E-state index in [4.69, 9.17) is 68.8 Å². The van der Waals surface area contributed by atoms with Crippen LogP contribution in [0.15, 0.2) is 122 Å². The number of fused-ring (bicyclic) bond motifs is 7. The second kappa shape index (κ2) is 32.9. The monoisotopic (exact) mass is 1500 g/mol. The SMILES string of the molecule is CC(C)C(C)n1cnc2c(-c3cccc(O)c3)nc(N3CCOCC3)nc21.CC(C)C(C)n1cnc2c(-c3cccc4c3C=CC4)nc(N3CCOCC3)nc21.CC(C)n1cnc2c(-c3cccc4c3C=CC4)nc(N3CCOCC3)nc21.CCC(C#N)n1cnc2c(-c3cccc4c3C=CC4)nc(N3CCOCC3)nc21. The number of phenolic OH excluding ortho intramolecular Hbond substituents is 1. The molecule has 12 aromatic rings. The van der Waals surface area contributed by atoms with Crippen molar-refractivity contribution >= 4 is 86.7 Å². The smallest absolute Gasteiger partial charge is 0.228 e. The largest absolute Gasteiger partial charge is 0.508 e. The highest BCUT2D eigenvalue weighted by Gasteiger charge is 2.30. The molecule has 8 aromatic heterocycles. The second-order valence-corrected chi connectivity index (χ2v) is 30.3. The van der Waals surface area contributed by atoms with Crippen LogP contribution in [0.2, 0.25) is 0 Å². The van der Waals surface area contributed by atoms with Crippen LogP contribution in [0, 0.1) is 23.2 Å². The number of phenols is 1. The van der Waals surface area contributed by atoms with Gasteiger partial charge in [0.1, 0.15) is 56.6 Å². The van der Waals surface area contributed by atoms with Crippen LogP contribution < -0.4 is 19.6 Å². The highest BCUT2D eigenvalue weighted by Crippen LogP contribution is 2.41. The van der Waals surface area contributed by atoms with Gasteiger partial charge in [-0.15, -0.1) is 0 Å². The number of nitriles is 1. The van der Waals surface area contributed by atoms with E-state index in [1.54, 1.807) is 18.5 Å². The van der Waals surface area contributed by atoms with E-state index in [-0.39, 0.29) is 23.9 Å². The van der Waals surface area contributed by atoms with E-state index in [0.717, 1.165) is 168 Å². The zero-order valence-corrected chi connectivity index (χ0v) is 65.4. The molecule has 4 saturated heterocycles. The normalized spacial score (nSPS) is 16.7. The van der Waals surface area contributed by atoms with E-state index in [1.807, 2.05) is 42.6 Å². The number of hydrogen-bond acceptors (Lipinski definition) is 22. The van der Waals surface area contributed by atoms with E-state index in [2.05, 4.69) is 196 Å². The molecule has 3 unspecified atom stereocenters. The second-order valence-electron chi connectivity index (χ2n) is 30.3. The van der Waals surface area contributed by atoms with Crippen molar-refractivity contribution in [1.29, 1.82) is 5.26 Å². The van der Waals surface area contributed by atoms with Crippen LogP contribution in [0.4, 0.5) is 23.8 Å². The maximum Gasteiger partial charge on any atom is 0.228 e. The third-order valence-corrected chi connectivity index (χ3v) is 22.4. The van der Waals surface area contributed by atoms with Crippen molar-refractivity contribution in [3.63, 3.8) is 0 Å². The Morgan fingerprint density at radius 2 is 0.723 bits per heavy atom. The summed E-state index contributed by atoms with van der Waals surface area (Å²) in [6.07, 6.45) is 24.1. The number of morpholine rings is 4. The maximum absolute atomic E-state index is 9.93. The van der Waals surface area contributed by atoms with Gasteiger partial charge in [-0.1, -0.05) is 138 Å². The first kappa shape index (κ1) is 74.7. The number of hydrogen-bond donors (Lipinski definition) is 1. The van der Waals surface area contributed by atoms with Crippen molar-refractivity contribution in [1.82, 2.24) is 78.1 Å². The highest BCUT2D eigenvalue weighted by atomic mass is 16.5. The van der Waals surface area contributed by atoms with E-state index in [0.29, 0.717) is 94.7 Å². The zero-order chi connectivity index (χ0) is 77.1. The van der Waals surface area contributed by atoms with Crippen LogP contribution in [0.1, 0.15) is 126 Å². The van der Waals surface area contributed by atoms with Crippen LogP contribution in [-0.2, 0) is 38.2 Å². The number of rotatable bonds is 15. The molecule has 112 heavy (non-hydrogen) atoms. The van der Waals surface area contributed by atoms with Crippen LogP contribution >= 0.6 is 0 Å². The third kappa shape index (κ3) is 15.0. The maximum atomic E-state index is 9.93. The van der Waals surface area contributed by atoms with Gasteiger partial charge < -0.3 is 57.4 Å². The number of aromatic hydroxyl groups is 1. The molecular formula is C86H97N21O5. The lowest BCUT2D eigenvalue weighted by Crippen LogP contribution is -2.37. The molecule has 4 fully saturated rings. The first-order chi connectivity index (χ1) is 54.7. The molecule has 1 N–H and O–H groups in total. The van der Waals surface area contributed by atoms with Crippen molar-refractivity contribution in [2.75, 3.05) is 125 Å². The molecule has 0 amide bonds. The summed E-state index contributed by atoms with van der Waals surface area (Å²) in [5.74, 6) is 4.04. The lowest BCUT2D eigenvalue weighted by Gasteiger charge is -2.27. The van der Waals surface area contributed by atoms with Gasteiger partial charge in [0.05, 0.1) is 84.2 Å². The first-order valence-corrected chi connectivity index (χ1v) is 39.5. The van der Waals surface area contributed by atoms with Crippen molar-refractivity contribution in [3.8, 4) is 56.8 Å². The molecule has 576 valence electrons. The average molecular weight is 1500 g/mol. The molecule has 19 rings (SSSR count). The van der Waals surface area contributed by atoms with E-state index < -0.39 is 0 Å². The lowest BCUT2D eigenvalue weighted by atomic mass is 10.00. The Morgan fingerprint density at radius 1 is 0.402 bits per heavy atom. The molecule has 3 atom stereocenters. The minimum absolute atomic E-state index is 0.210. The molecule has 7 aliphatic rings. The van der Waals surface area contributed by atoms with E-state index in [1.165, 1.54) is 33.4 Å². The minimum Gasteiger partial charge on any atom is -0.508 e. The minimum atomic E-state index is -0.304. The van der Waals surface area contributed by atoms with Gasteiger partial charge in [-0.3, -0.25) is 4.57 Å². The summed E-state index contributed by atoms with van der Waals surface area (Å²) in [4.78, 5) is 66.9. The Morgan fingerprint density at radius 3 is 1.06 bits per heavy atom. The third-order valence-electron chi connectivity index (χ3n) is 22.4. The topological polar surface area (TPSA) is 268 Å². The Kier molecular flexibility index (Phi) is 21.9. The predicted molar refractivity (Wildman–Crippen MR) is 439 cm³/mol. The van der Waals surface area contributed by atoms with Crippen LogP contribution in [-0.4, -0.2) is 188 Å². The van der Waals surface area contributed by atoms with Gasteiger partial charge in [-0.25, -0.2) is 39.9 Å². The summed E-state index contributed by atoms with van der Waals surface area (Å²) in [6, 6.07) is 29.3. The van der Waals surface area contributed by atoms with Gasteiger partial charge in [0.15, 0.2) is 22.6 Å². The summed E-state index contributed by atoms with van der Waals surface area (Å²) in [5, 5.41) is 19.5. The lowest BCUT2D eigenvalue weighted by molar-refractivity contribution is 0.122. The summed E-state index contributed by atoms with van der Waals surface area (Å²) in [7, 11) is 0. The number of benzene rings is 4. The van der Waals surface area contributed by atoms with Crippen molar-refractivity contribution in [3.05, 3.63) is 156 Å². The first-order valence-electron chi connectivity index (χ1n) is 39.5. The van der Waals surface area contributed by atoms with Crippen molar-refractivity contribution in [2.45, 2.75) is 112 Å². The standard InChI is InChI=1S/C23H27N5O.C22H22N6O.C21H23N5O.C20H25N5O2/c1-15(2)16(3)28-14-24-21-20(19-9-5-7-17-6-4-8-18(17)19)25-23(26-22(21)28)27-10-12-29-13-11-27;1-2-16(13-23)28-14-24-20-19(18-8-4-6-15-5-3-7-17(15)18)25-22(26-21(20)28)27-9-11-29-12-10-27;1-14(2)26-13-22-19-18(17-8-4-6-15-5-3-7-16(15)17)23-21(24-20(19)26)25-9-11-27-12-10-25;1-13(2)14(3)25-12-21-18-17(15-5-4-6-16(26)11-15)22-20(23-19(18)25)24-7-9-27-10-8-24/h4-5,7-9,14-16H,6,10-13H2,1-3H3;3-4,6-8,14,16H,2,5,9-12H2,1H3;3-4,6-8,13-14H,5,9-12H2,1-2H3;4-6,11-14,26H,7-10H2,1-3H3. The van der Waals surface area contributed by atoms with Gasteiger partial charge in [0.2, 0.25) is 23.8 Å². The molecule has 0 saturated carbocycles. The van der Waals surface area contributed by atoms with Gasteiger partial charge >= 0.3 is 0 Å². The fraction of sp³-hybridized carbons (Fsp3) is 0.407. The molecule has 0 spiro atoms. The molecule has 0 radical (unpaired) electrons. The number of nitrogens with zero attached hydrogens (tertiary/aromatic N) is 21. The molecule has 26 heteroatoms. The zero-order valence-electron chi connectivity index (χ0n) is 65.4. The van der Waals surface area contributed by atoms with E-state index >= 15 is 0 Å². The molecule has 12 heterocycles. The van der Waals surface area contributed by atoms with Crippen LogP contribution in [0.3, 0.4) is 0 Å². The summed E-state index contributed by atoms with van der Waals surface area (Å²) in [5.41, 5.74) is 21.9. The van der Waals surface area contributed by atoms with Crippen LogP contribution in [0.25, 0.3) is 108 Å². The molecule has 4 aromatic carbocycles. The number of ether oxygens (including phenoxy) is 4. The quantitative estimate of drug-likeness (QED) is 0.0999. The highest BCUT2D eigenvalue weighted by molar-refractivity contribution is 5.96. The van der Waals surface area contributed by atoms with Crippen molar-refractivity contribution < 1.29 is 24.1 Å². The van der Waals surface area contributed by atoms with Gasteiger partial charge in [-0.05, 0) is 111 Å². The van der Waals surface area contributed by atoms with E-state index in [9.17, 15) is 10.4 Å². The van der Waals surface area contributed by atoms with Gasteiger partial charge in [-0.2, -0.15) is 25.2 Å². The fourth-order valence-corrected chi connectivity index (χ4v) is 15.3. The Bertz CT molecular complexity index is 5550. The molecule has 3 aliphatic carbocycles. The van der Waals surface area contributed by atoms with Crippen LogP contribution in [0.5, 0.6) is 5.75 Å². The average Bonchev–Trinajstić information content (AvgIpc) is 1.67. The van der Waals surface area contributed by atoms with Crippen molar-refractivity contribution in [2.24, 2.45) is 11.8 Å². The fourth-order valence-electron chi connectivity index (χ4n) is 15.3. The summed E-state index contributed by atoms with van der Waals surface area (Å²) >= 11 is 0. The molecule has 0 bridgehead atoms.